The quantitative estimate of drug-likeness (QED) is 0.0835. The predicted octanol–water partition coefficient (Wildman–Crippen LogP) is 12.6. The standard InChI is InChI=1S/C38H36F8O/c1-2-3-4-5-6-7-23-8-10-24(11-9-23)25-12-14-26(15-13-25)27-16-17-30(31(39)18-27)28-19-32(40)36(33(41)20-28)38(45,46)47-29-21-34(42)37(44)35(43)22-29/h12-24H,2-11H2,1H3. The molecule has 47 heavy (non-hydrogen) atoms. The zero-order chi connectivity index (χ0) is 33.7. The molecular formula is C38H36F8O. The molecule has 0 radical (unpaired) electrons. The van der Waals surface area contributed by atoms with Gasteiger partial charge in [0, 0.05) is 17.7 Å². The van der Waals surface area contributed by atoms with E-state index in [4.69, 9.17) is 0 Å². The highest BCUT2D eigenvalue weighted by molar-refractivity contribution is 5.71. The molecule has 1 nitrogen and oxygen atoms in total. The monoisotopic (exact) mass is 660 g/mol. The second-order valence-corrected chi connectivity index (χ2v) is 12.4. The molecule has 0 spiro atoms. The van der Waals surface area contributed by atoms with Crippen molar-refractivity contribution in [3.8, 4) is 28.0 Å². The van der Waals surface area contributed by atoms with E-state index in [0.29, 0.717) is 23.6 Å². The molecule has 0 heterocycles. The van der Waals surface area contributed by atoms with E-state index in [2.05, 4.69) is 23.8 Å². The molecule has 250 valence electrons. The van der Waals surface area contributed by atoms with Gasteiger partial charge in [-0.25, -0.2) is 26.3 Å². The molecule has 0 unspecified atom stereocenters. The third kappa shape index (κ3) is 8.17. The first-order chi connectivity index (χ1) is 22.5. The minimum absolute atomic E-state index is 0.114. The SMILES string of the molecule is CCCCCCCC1CCC(c2ccc(-c3ccc(-c4cc(F)c(C(F)(F)Oc5cc(F)c(F)c(F)c5)c(F)c4)c(F)c3)cc2)CC1. The van der Waals surface area contributed by atoms with Crippen molar-refractivity contribution in [2.75, 3.05) is 0 Å². The van der Waals surface area contributed by atoms with E-state index in [-0.39, 0.29) is 23.3 Å². The molecule has 4 aromatic carbocycles. The maximum atomic E-state index is 15.3. The Morgan fingerprint density at radius 2 is 1.19 bits per heavy atom. The van der Waals surface area contributed by atoms with Crippen molar-refractivity contribution in [2.24, 2.45) is 5.92 Å². The van der Waals surface area contributed by atoms with Crippen LogP contribution in [0.4, 0.5) is 35.1 Å². The summed E-state index contributed by atoms with van der Waals surface area (Å²) in [6.45, 7) is 2.23. The van der Waals surface area contributed by atoms with Crippen LogP contribution < -0.4 is 4.74 Å². The van der Waals surface area contributed by atoms with Crippen molar-refractivity contribution >= 4 is 0 Å². The Morgan fingerprint density at radius 3 is 1.79 bits per heavy atom. The van der Waals surface area contributed by atoms with Crippen LogP contribution in [0.5, 0.6) is 5.75 Å². The van der Waals surface area contributed by atoms with Crippen LogP contribution in [0.15, 0.2) is 66.7 Å². The fourth-order valence-corrected chi connectivity index (χ4v) is 6.49. The van der Waals surface area contributed by atoms with Crippen LogP contribution in [-0.2, 0) is 6.11 Å². The first-order valence-corrected chi connectivity index (χ1v) is 16.1. The highest BCUT2D eigenvalue weighted by atomic mass is 19.3. The number of unbranched alkanes of at least 4 members (excludes halogenated alkanes) is 4. The summed E-state index contributed by atoms with van der Waals surface area (Å²) in [5, 5.41) is 0. The molecule has 1 fully saturated rings. The van der Waals surface area contributed by atoms with Crippen molar-refractivity contribution in [3.05, 3.63) is 113 Å². The van der Waals surface area contributed by atoms with Crippen molar-refractivity contribution in [3.63, 3.8) is 0 Å². The van der Waals surface area contributed by atoms with Crippen LogP contribution in [0.1, 0.15) is 88.2 Å². The van der Waals surface area contributed by atoms with Crippen LogP contribution >= 0.6 is 0 Å². The van der Waals surface area contributed by atoms with E-state index in [9.17, 15) is 30.7 Å². The summed E-state index contributed by atoms with van der Waals surface area (Å²) in [5.74, 6) is -9.89. The summed E-state index contributed by atoms with van der Waals surface area (Å²) in [7, 11) is 0. The van der Waals surface area contributed by atoms with Gasteiger partial charge in [-0.05, 0) is 78.0 Å². The number of halogens is 8. The van der Waals surface area contributed by atoms with Crippen LogP contribution in [0.25, 0.3) is 22.3 Å². The Bertz CT molecular complexity index is 1630. The van der Waals surface area contributed by atoms with Crippen LogP contribution in [0.3, 0.4) is 0 Å². The topological polar surface area (TPSA) is 9.23 Å². The zero-order valence-corrected chi connectivity index (χ0v) is 26.0. The summed E-state index contributed by atoms with van der Waals surface area (Å²) in [6, 6.07) is 13.3. The molecular weight excluding hydrogens is 624 g/mol. The number of rotatable bonds is 12. The molecule has 0 atom stereocenters. The smallest absolute Gasteiger partial charge is 0.429 e. The summed E-state index contributed by atoms with van der Waals surface area (Å²) in [6.07, 6.45) is 7.84. The van der Waals surface area contributed by atoms with Gasteiger partial charge in [-0.15, -0.1) is 0 Å². The van der Waals surface area contributed by atoms with Gasteiger partial charge in [-0.2, -0.15) is 8.78 Å². The van der Waals surface area contributed by atoms with Crippen LogP contribution in [0, 0.1) is 40.8 Å². The normalized spacial score (nSPS) is 16.8. The van der Waals surface area contributed by atoms with Crippen molar-refractivity contribution in [2.45, 2.75) is 83.2 Å². The van der Waals surface area contributed by atoms with Gasteiger partial charge in [-0.1, -0.05) is 81.8 Å². The Kier molecular flexibility index (Phi) is 10.9. The Labute approximate surface area is 269 Å². The van der Waals surface area contributed by atoms with E-state index in [1.54, 1.807) is 6.07 Å². The summed E-state index contributed by atoms with van der Waals surface area (Å²) in [4.78, 5) is 0. The molecule has 1 aliphatic carbocycles. The van der Waals surface area contributed by atoms with Gasteiger partial charge in [0.05, 0.1) is 0 Å². The third-order valence-corrected chi connectivity index (χ3v) is 9.09. The summed E-state index contributed by atoms with van der Waals surface area (Å²) in [5.41, 5.74) is 0.0743. The lowest BCUT2D eigenvalue weighted by Gasteiger charge is -2.29. The minimum atomic E-state index is -4.74. The average Bonchev–Trinajstić information content (AvgIpc) is 3.03. The summed E-state index contributed by atoms with van der Waals surface area (Å²) >= 11 is 0. The molecule has 9 heteroatoms. The molecule has 0 amide bonds. The number of hydrogen-bond donors (Lipinski definition) is 0. The molecule has 0 aromatic heterocycles. The molecule has 0 saturated heterocycles. The second-order valence-electron chi connectivity index (χ2n) is 12.4. The fourth-order valence-electron chi connectivity index (χ4n) is 6.49. The van der Waals surface area contributed by atoms with Gasteiger partial charge >= 0.3 is 6.11 Å². The molecule has 1 saturated carbocycles. The second kappa shape index (κ2) is 14.9. The predicted molar refractivity (Wildman–Crippen MR) is 166 cm³/mol. The van der Waals surface area contributed by atoms with Gasteiger partial charge < -0.3 is 4.74 Å². The summed E-state index contributed by atoms with van der Waals surface area (Å²) < 4.78 is 119. The maximum Gasteiger partial charge on any atom is 0.432 e. The molecule has 0 bridgehead atoms. The molecule has 0 N–H and O–H groups in total. The van der Waals surface area contributed by atoms with E-state index in [1.165, 1.54) is 69.1 Å². The van der Waals surface area contributed by atoms with Gasteiger partial charge in [0.1, 0.15) is 28.8 Å². The fraction of sp³-hybridized carbons (Fsp3) is 0.368. The lowest BCUT2D eigenvalue weighted by atomic mass is 9.77. The Morgan fingerprint density at radius 1 is 0.617 bits per heavy atom. The molecule has 4 aromatic rings. The van der Waals surface area contributed by atoms with Gasteiger partial charge in [0.15, 0.2) is 17.5 Å². The average molecular weight is 661 g/mol. The van der Waals surface area contributed by atoms with Gasteiger partial charge in [0.2, 0.25) is 0 Å². The largest absolute Gasteiger partial charge is 0.432 e. The number of alkyl halides is 2. The van der Waals surface area contributed by atoms with E-state index in [0.717, 1.165) is 24.3 Å². The zero-order valence-electron chi connectivity index (χ0n) is 26.0. The minimum Gasteiger partial charge on any atom is -0.429 e. The van der Waals surface area contributed by atoms with Crippen molar-refractivity contribution in [1.82, 2.24) is 0 Å². The molecule has 5 rings (SSSR count). The number of ether oxygens (including phenoxy) is 1. The van der Waals surface area contributed by atoms with Crippen molar-refractivity contribution in [1.29, 1.82) is 0 Å². The number of hydrogen-bond acceptors (Lipinski definition) is 1. The van der Waals surface area contributed by atoms with Crippen LogP contribution in [0.2, 0.25) is 0 Å². The van der Waals surface area contributed by atoms with Crippen molar-refractivity contribution < 1.29 is 39.9 Å². The molecule has 1 aliphatic rings. The lowest BCUT2D eigenvalue weighted by molar-refractivity contribution is -0.189. The van der Waals surface area contributed by atoms with Gasteiger partial charge in [0.25, 0.3) is 0 Å². The maximum absolute atomic E-state index is 15.3. The Hall–Kier alpha value is -3.88. The first kappa shape index (κ1) is 34.5. The Balaban J connectivity index is 1.25. The van der Waals surface area contributed by atoms with E-state index in [1.807, 2.05) is 12.1 Å². The van der Waals surface area contributed by atoms with E-state index >= 15 is 4.39 Å². The van der Waals surface area contributed by atoms with Gasteiger partial charge in [-0.3, -0.25) is 0 Å². The highest BCUT2D eigenvalue weighted by Gasteiger charge is 2.41. The molecule has 0 aliphatic heterocycles. The number of benzene rings is 4. The lowest BCUT2D eigenvalue weighted by Crippen LogP contribution is -2.25. The first-order valence-electron chi connectivity index (χ1n) is 16.1. The van der Waals surface area contributed by atoms with Crippen LogP contribution in [-0.4, -0.2) is 0 Å². The third-order valence-electron chi connectivity index (χ3n) is 9.09. The highest BCUT2D eigenvalue weighted by Crippen LogP contribution is 2.40. The van der Waals surface area contributed by atoms with E-state index < -0.39 is 52.3 Å².